The molecule has 0 bridgehead atoms. The standard InChI is InChI=1S/C8H9ClN4O.C8H9ClN4/c1-4-10-7-6(13(4)2)8(14)12-5(3-9)11-7;1-5-11-8-6(13(5)2)4-10-7(3-9)12-8/h3H2,1-2H3,(H,11,12,14);4H,3H2,1-2H3. The summed E-state index contributed by atoms with van der Waals surface area (Å²) >= 11 is 11.2. The highest BCUT2D eigenvalue weighted by atomic mass is 35.5. The molecule has 0 radical (unpaired) electrons. The van der Waals surface area contributed by atoms with E-state index >= 15 is 0 Å². The summed E-state index contributed by atoms with van der Waals surface area (Å²) in [5.41, 5.74) is 2.38. The molecule has 0 atom stereocenters. The molecule has 142 valence electrons. The summed E-state index contributed by atoms with van der Waals surface area (Å²) < 4.78 is 3.66. The number of aromatic amines is 1. The first-order chi connectivity index (χ1) is 12.8. The second-order valence-corrected chi connectivity index (χ2v) is 6.42. The van der Waals surface area contributed by atoms with Crippen molar-refractivity contribution in [1.82, 2.24) is 39.0 Å². The van der Waals surface area contributed by atoms with Gasteiger partial charge in [0.1, 0.15) is 28.8 Å². The Morgan fingerprint density at radius 3 is 2.30 bits per heavy atom. The van der Waals surface area contributed by atoms with Crippen LogP contribution in [0.4, 0.5) is 0 Å². The third kappa shape index (κ3) is 3.65. The molecule has 0 aromatic carbocycles. The minimum absolute atomic E-state index is 0.181. The molecule has 0 aliphatic heterocycles. The summed E-state index contributed by atoms with van der Waals surface area (Å²) in [7, 11) is 3.72. The number of alkyl halides is 2. The first-order valence-electron chi connectivity index (χ1n) is 8.04. The summed E-state index contributed by atoms with van der Waals surface area (Å²) in [5.74, 6) is 3.25. The second kappa shape index (κ2) is 7.61. The molecule has 11 heteroatoms. The Balaban J connectivity index is 0.000000156. The van der Waals surface area contributed by atoms with E-state index in [1.165, 1.54) is 0 Å². The van der Waals surface area contributed by atoms with Crippen molar-refractivity contribution < 1.29 is 0 Å². The molecule has 27 heavy (non-hydrogen) atoms. The Hall–Kier alpha value is -2.52. The van der Waals surface area contributed by atoms with Crippen LogP contribution in [-0.2, 0) is 25.9 Å². The van der Waals surface area contributed by atoms with E-state index in [1.807, 2.05) is 25.5 Å². The SMILES string of the molecule is Cc1nc2nc(CCl)[nH]c(=O)c2n1C.Cc1nc2nc(CCl)ncc2n1C. The van der Waals surface area contributed by atoms with Crippen LogP contribution in [0.1, 0.15) is 23.3 Å². The Morgan fingerprint density at radius 2 is 1.63 bits per heavy atom. The molecule has 0 fully saturated rings. The summed E-state index contributed by atoms with van der Waals surface area (Å²) in [6.07, 6.45) is 1.75. The second-order valence-electron chi connectivity index (χ2n) is 5.88. The van der Waals surface area contributed by atoms with Crippen LogP contribution in [0.3, 0.4) is 0 Å². The molecule has 1 N–H and O–H groups in total. The van der Waals surface area contributed by atoms with Gasteiger partial charge in [0, 0.05) is 14.1 Å². The van der Waals surface area contributed by atoms with Gasteiger partial charge in [0.05, 0.1) is 18.0 Å². The molecule has 9 nitrogen and oxygen atoms in total. The molecule has 0 saturated heterocycles. The zero-order chi connectivity index (χ0) is 19.7. The van der Waals surface area contributed by atoms with Gasteiger partial charge in [0.25, 0.3) is 5.56 Å². The third-order valence-electron chi connectivity index (χ3n) is 4.17. The van der Waals surface area contributed by atoms with Gasteiger partial charge >= 0.3 is 0 Å². The molecule has 4 aromatic heterocycles. The number of imidazole rings is 2. The zero-order valence-electron chi connectivity index (χ0n) is 15.3. The number of rotatable bonds is 2. The van der Waals surface area contributed by atoms with Crippen molar-refractivity contribution >= 4 is 45.5 Å². The van der Waals surface area contributed by atoms with Crippen molar-refractivity contribution in [2.75, 3.05) is 0 Å². The van der Waals surface area contributed by atoms with Crippen LogP contribution in [0, 0.1) is 13.8 Å². The number of H-pyrrole nitrogens is 1. The predicted molar refractivity (Wildman–Crippen MR) is 104 cm³/mol. The first kappa shape index (κ1) is 19.2. The van der Waals surface area contributed by atoms with Gasteiger partial charge < -0.3 is 14.1 Å². The smallest absolute Gasteiger partial charge is 0.277 e. The monoisotopic (exact) mass is 408 g/mol. The summed E-state index contributed by atoms with van der Waals surface area (Å²) in [5, 5.41) is 0. The number of aryl methyl sites for hydroxylation is 4. The molecule has 4 aromatic rings. The third-order valence-corrected chi connectivity index (χ3v) is 4.67. The van der Waals surface area contributed by atoms with Crippen LogP contribution < -0.4 is 5.56 Å². The lowest BCUT2D eigenvalue weighted by atomic mass is 10.5. The van der Waals surface area contributed by atoms with E-state index in [1.54, 1.807) is 17.8 Å². The maximum Gasteiger partial charge on any atom is 0.277 e. The van der Waals surface area contributed by atoms with E-state index in [9.17, 15) is 4.79 Å². The largest absolute Gasteiger partial charge is 0.329 e. The van der Waals surface area contributed by atoms with Crippen LogP contribution in [0.2, 0.25) is 0 Å². The molecule has 0 spiro atoms. The van der Waals surface area contributed by atoms with E-state index in [4.69, 9.17) is 23.2 Å². The van der Waals surface area contributed by atoms with Crippen molar-refractivity contribution in [1.29, 1.82) is 0 Å². The molecular formula is C16H18Cl2N8O. The highest BCUT2D eigenvalue weighted by Gasteiger charge is 2.10. The molecule has 4 rings (SSSR count). The Kier molecular flexibility index (Phi) is 5.43. The van der Waals surface area contributed by atoms with E-state index in [-0.39, 0.29) is 11.4 Å². The number of fused-ring (bicyclic) bond motifs is 2. The summed E-state index contributed by atoms with van der Waals surface area (Å²) in [6.45, 7) is 3.75. The van der Waals surface area contributed by atoms with Crippen molar-refractivity contribution in [3.8, 4) is 0 Å². The highest BCUT2D eigenvalue weighted by Crippen LogP contribution is 2.11. The van der Waals surface area contributed by atoms with Crippen molar-refractivity contribution in [2.45, 2.75) is 25.6 Å². The van der Waals surface area contributed by atoms with E-state index in [2.05, 4.69) is 29.9 Å². The molecular weight excluding hydrogens is 391 g/mol. The number of hydrogen-bond acceptors (Lipinski definition) is 6. The number of nitrogens with zero attached hydrogens (tertiary/aromatic N) is 7. The van der Waals surface area contributed by atoms with Gasteiger partial charge in [-0.3, -0.25) is 4.79 Å². The minimum Gasteiger partial charge on any atom is -0.329 e. The number of aromatic nitrogens is 8. The summed E-state index contributed by atoms with van der Waals surface area (Å²) in [6, 6.07) is 0. The zero-order valence-corrected chi connectivity index (χ0v) is 16.8. The van der Waals surface area contributed by atoms with Crippen LogP contribution in [0.5, 0.6) is 0 Å². The van der Waals surface area contributed by atoms with Crippen molar-refractivity contribution in [3.05, 3.63) is 39.8 Å². The normalized spacial score (nSPS) is 11.0. The van der Waals surface area contributed by atoms with Crippen LogP contribution in [-0.4, -0.2) is 39.0 Å². The number of nitrogens with one attached hydrogen (secondary N) is 1. The number of halogens is 2. The first-order valence-corrected chi connectivity index (χ1v) is 9.11. The Bertz CT molecular complexity index is 1180. The molecule has 0 unspecified atom stereocenters. The number of hydrogen-bond donors (Lipinski definition) is 1. The van der Waals surface area contributed by atoms with Crippen LogP contribution >= 0.6 is 23.2 Å². The fraction of sp³-hybridized carbons (Fsp3) is 0.375. The van der Waals surface area contributed by atoms with Crippen LogP contribution in [0.15, 0.2) is 11.0 Å². The van der Waals surface area contributed by atoms with E-state index in [0.717, 1.165) is 17.2 Å². The van der Waals surface area contributed by atoms with Gasteiger partial charge in [-0.15, -0.1) is 23.2 Å². The van der Waals surface area contributed by atoms with E-state index in [0.29, 0.717) is 34.3 Å². The van der Waals surface area contributed by atoms with Gasteiger partial charge in [-0.05, 0) is 13.8 Å². The average Bonchev–Trinajstić information content (AvgIpc) is 3.10. The Morgan fingerprint density at radius 1 is 0.963 bits per heavy atom. The lowest BCUT2D eigenvalue weighted by Crippen LogP contribution is -2.13. The highest BCUT2D eigenvalue weighted by molar-refractivity contribution is 6.17. The van der Waals surface area contributed by atoms with Crippen LogP contribution in [0.25, 0.3) is 22.3 Å². The lowest BCUT2D eigenvalue weighted by molar-refractivity contribution is 0.879. The maximum atomic E-state index is 11.6. The van der Waals surface area contributed by atoms with Gasteiger partial charge in [-0.25, -0.2) is 24.9 Å². The average molecular weight is 409 g/mol. The quantitative estimate of drug-likeness (QED) is 0.508. The maximum absolute atomic E-state index is 11.6. The van der Waals surface area contributed by atoms with Gasteiger partial charge in [0.15, 0.2) is 16.8 Å². The van der Waals surface area contributed by atoms with E-state index < -0.39 is 0 Å². The molecule has 0 aliphatic carbocycles. The van der Waals surface area contributed by atoms with Gasteiger partial charge in [-0.2, -0.15) is 0 Å². The lowest BCUT2D eigenvalue weighted by Gasteiger charge is -1.96. The molecule has 4 heterocycles. The summed E-state index contributed by atoms with van der Waals surface area (Å²) in [4.78, 5) is 35.0. The Labute approximate surface area is 164 Å². The topological polar surface area (TPSA) is 107 Å². The molecule has 0 amide bonds. The van der Waals surface area contributed by atoms with Crippen molar-refractivity contribution in [3.63, 3.8) is 0 Å². The minimum atomic E-state index is -0.200. The van der Waals surface area contributed by atoms with Crippen molar-refractivity contribution in [2.24, 2.45) is 14.1 Å². The fourth-order valence-corrected chi connectivity index (χ4v) is 2.78. The predicted octanol–water partition coefficient (Wildman–Crippen LogP) is 2.11. The fourth-order valence-electron chi connectivity index (χ4n) is 2.52. The van der Waals surface area contributed by atoms with Gasteiger partial charge in [0.2, 0.25) is 0 Å². The molecule has 0 saturated carbocycles. The molecule has 0 aliphatic rings. The van der Waals surface area contributed by atoms with Gasteiger partial charge in [-0.1, -0.05) is 0 Å².